The van der Waals surface area contributed by atoms with Gasteiger partial charge in [-0.05, 0) is 80.7 Å². The Morgan fingerprint density at radius 3 is 2.81 bits per heavy atom. The minimum absolute atomic E-state index is 0.0258. The van der Waals surface area contributed by atoms with Crippen LogP contribution in [0, 0.1) is 24.7 Å². The third-order valence-electron chi connectivity index (χ3n) is 10.6. The molecule has 1 saturated heterocycles. The number of nitrogens with zero attached hydrogens (tertiary/aromatic N) is 2. The largest absolute Gasteiger partial charge is 0.487 e. The maximum atomic E-state index is 14.0. The number of piperidine rings is 1. The van der Waals surface area contributed by atoms with Gasteiger partial charge in [-0.1, -0.05) is 55.8 Å². The summed E-state index contributed by atoms with van der Waals surface area (Å²) >= 11 is 0. The second-order valence-corrected chi connectivity index (χ2v) is 13.9. The maximum Gasteiger partial charge on any atom is 0.302 e. The van der Waals surface area contributed by atoms with Crippen molar-refractivity contribution >= 4 is 18.0 Å². The van der Waals surface area contributed by atoms with Gasteiger partial charge in [0.1, 0.15) is 18.0 Å². The summed E-state index contributed by atoms with van der Waals surface area (Å²) in [6.45, 7) is 10.7. The van der Waals surface area contributed by atoms with E-state index in [2.05, 4.69) is 67.0 Å². The highest BCUT2D eigenvalue weighted by Gasteiger charge is 2.66. The van der Waals surface area contributed by atoms with Crippen molar-refractivity contribution in [1.29, 1.82) is 0 Å². The Hall–Kier alpha value is -3.12. The zero-order chi connectivity index (χ0) is 29.2. The minimum Gasteiger partial charge on any atom is -0.487 e. The van der Waals surface area contributed by atoms with Crippen molar-refractivity contribution in [2.24, 2.45) is 17.8 Å². The van der Waals surface area contributed by atoms with Crippen molar-refractivity contribution in [2.75, 3.05) is 19.6 Å². The van der Waals surface area contributed by atoms with Crippen molar-refractivity contribution in [3.8, 4) is 5.75 Å². The van der Waals surface area contributed by atoms with Crippen LogP contribution in [0.1, 0.15) is 68.7 Å². The molecule has 2 aromatic carbocycles. The first-order valence-electron chi connectivity index (χ1n) is 16.0. The van der Waals surface area contributed by atoms with E-state index in [1.807, 2.05) is 12.1 Å². The molecule has 2 aliphatic heterocycles. The molecule has 222 valence electrons. The summed E-state index contributed by atoms with van der Waals surface area (Å²) in [5.41, 5.74) is 5.06. The predicted octanol–water partition coefficient (Wildman–Crippen LogP) is 5.55. The minimum atomic E-state index is -0.169. The van der Waals surface area contributed by atoms with Crippen LogP contribution < -0.4 is 4.74 Å². The van der Waals surface area contributed by atoms with Gasteiger partial charge in [0.05, 0.1) is 6.04 Å². The van der Waals surface area contributed by atoms with Gasteiger partial charge >= 0.3 is 5.97 Å². The lowest BCUT2D eigenvalue weighted by Crippen LogP contribution is -2.69. The van der Waals surface area contributed by atoms with E-state index in [9.17, 15) is 9.59 Å². The molecule has 3 fully saturated rings. The van der Waals surface area contributed by atoms with Crippen molar-refractivity contribution in [3.05, 3.63) is 70.8 Å². The number of benzene rings is 2. The van der Waals surface area contributed by atoms with Crippen LogP contribution in [0.5, 0.6) is 5.75 Å². The Labute approximate surface area is 250 Å². The van der Waals surface area contributed by atoms with Crippen LogP contribution in [-0.4, -0.2) is 65.6 Å². The number of carbonyl (C=O) groups excluding carboxylic acids is 2. The molecule has 3 aliphatic carbocycles. The second kappa shape index (κ2) is 10.6. The van der Waals surface area contributed by atoms with Gasteiger partial charge in [-0.2, -0.15) is 0 Å². The van der Waals surface area contributed by atoms with E-state index < -0.39 is 0 Å². The standard InChI is InChI=1S/C36H44N2O4/c1-22(2)20-38(33(40)14-11-25-8-5-7-23(3)17-25)29-13-12-28-30-18-26-9-6-10-31-34(26)36(28,35(29)42-31)15-16-37(30)21-27-19-32(27)41-24(4)39/h5-11,14,17,22,27-30,32,35H,12-13,15-16,18-21H2,1-4H3/t27?,28-,29-,30+,32?,35-,36-/m0/s1. The van der Waals surface area contributed by atoms with Crippen molar-refractivity contribution < 1.29 is 19.1 Å². The normalized spacial score (nSPS) is 32.4. The van der Waals surface area contributed by atoms with Gasteiger partial charge in [0.15, 0.2) is 0 Å². The van der Waals surface area contributed by atoms with Crippen molar-refractivity contribution in [3.63, 3.8) is 0 Å². The molecule has 1 spiro atoms. The Balaban J connectivity index is 1.18. The van der Waals surface area contributed by atoms with Crippen LogP contribution in [0.2, 0.25) is 0 Å². The molecule has 6 nitrogen and oxygen atoms in total. The number of hydrogen-bond donors (Lipinski definition) is 0. The molecule has 0 aromatic heterocycles. The van der Waals surface area contributed by atoms with Crippen LogP contribution >= 0.6 is 0 Å². The Morgan fingerprint density at radius 2 is 2.02 bits per heavy atom. The molecule has 2 saturated carbocycles. The van der Waals surface area contributed by atoms with Gasteiger partial charge in [0.25, 0.3) is 0 Å². The summed E-state index contributed by atoms with van der Waals surface area (Å²) in [5, 5.41) is 0. The van der Waals surface area contributed by atoms with Crippen LogP contribution in [0.4, 0.5) is 0 Å². The molecular weight excluding hydrogens is 524 g/mol. The number of likely N-dealkylation sites (tertiary alicyclic amines) is 1. The second-order valence-electron chi connectivity index (χ2n) is 13.9. The molecule has 42 heavy (non-hydrogen) atoms. The quantitative estimate of drug-likeness (QED) is 0.309. The summed E-state index contributed by atoms with van der Waals surface area (Å²) in [6, 6.07) is 15.4. The number of ether oxygens (including phenoxy) is 2. The Bertz CT molecular complexity index is 1420. The lowest BCUT2D eigenvalue weighted by atomic mass is 9.51. The molecule has 5 aliphatic rings. The van der Waals surface area contributed by atoms with Gasteiger partial charge in [-0.3, -0.25) is 14.5 Å². The highest BCUT2D eigenvalue weighted by Crippen LogP contribution is 2.63. The average Bonchev–Trinajstić information content (AvgIpc) is 3.57. The lowest BCUT2D eigenvalue weighted by molar-refractivity contribution is -0.142. The van der Waals surface area contributed by atoms with Gasteiger partial charge in [0.2, 0.25) is 5.91 Å². The molecular formula is C36H44N2O4. The van der Waals surface area contributed by atoms with Gasteiger partial charge in [0, 0.05) is 49.0 Å². The van der Waals surface area contributed by atoms with Crippen LogP contribution in [0.15, 0.2) is 48.5 Å². The number of esters is 1. The van der Waals surface area contributed by atoms with E-state index in [1.54, 1.807) is 6.08 Å². The molecule has 1 amide bonds. The molecule has 2 unspecified atom stereocenters. The fourth-order valence-corrected chi connectivity index (χ4v) is 9.00. The summed E-state index contributed by atoms with van der Waals surface area (Å²) < 4.78 is 12.5. The fourth-order valence-electron chi connectivity index (χ4n) is 9.00. The van der Waals surface area contributed by atoms with E-state index in [4.69, 9.17) is 9.47 Å². The molecule has 7 atom stereocenters. The zero-order valence-electron chi connectivity index (χ0n) is 25.4. The van der Waals surface area contributed by atoms with Gasteiger partial charge in [-0.15, -0.1) is 0 Å². The molecule has 2 aromatic rings. The van der Waals surface area contributed by atoms with E-state index in [-0.39, 0.29) is 35.5 Å². The van der Waals surface area contributed by atoms with Crippen LogP contribution in [0.25, 0.3) is 6.08 Å². The van der Waals surface area contributed by atoms with Crippen molar-refractivity contribution in [2.45, 2.75) is 89.5 Å². The molecule has 0 N–H and O–H groups in total. The van der Waals surface area contributed by atoms with E-state index in [1.165, 1.54) is 23.6 Å². The third-order valence-corrected chi connectivity index (χ3v) is 10.6. The average molecular weight is 569 g/mol. The fraction of sp³-hybridized carbons (Fsp3) is 0.556. The smallest absolute Gasteiger partial charge is 0.302 e. The van der Waals surface area contributed by atoms with Gasteiger partial charge in [-0.25, -0.2) is 0 Å². The van der Waals surface area contributed by atoms with E-state index in [0.29, 0.717) is 23.8 Å². The van der Waals surface area contributed by atoms with E-state index in [0.717, 1.165) is 63.1 Å². The molecule has 6 heteroatoms. The van der Waals surface area contributed by atoms with Crippen LogP contribution in [-0.2, 0) is 26.2 Å². The first-order chi connectivity index (χ1) is 20.2. The number of amides is 1. The first-order valence-corrected chi connectivity index (χ1v) is 16.0. The first kappa shape index (κ1) is 27.7. The summed E-state index contributed by atoms with van der Waals surface area (Å²) in [5.74, 6) is 2.28. The number of rotatable bonds is 8. The topological polar surface area (TPSA) is 59.1 Å². The summed E-state index contributed by atoms with van der Waals surface area (Å²) in [4.78, 5) is 30.3. The number of carbonyl (C=O) groups is 2. The Morgan fingerprint density at radius 1 is 1.19 bits per heavy atom. The van der Waals surface area contributed by atoms with Gasteiger partial charge < -0.3 is 14.4 Å². The summed E-state index contributed by atoms with van der Waals surface area (Å²) in [7, 11) is 0. The predicted molar refractivity (Wildman–Crippen MR) is 163 cm³/mol. The lowest BCUT2D eigenvalue weighted by Gasteiger charge is -2.60. The van der Waals surface area contributed by atoms with Crippen molar-refractivity contribution in [1.82, 2.24) is 9.80 Å². The number of hydrogen-bond acceptors (Lipinski definition) is 5. The maximum absolute atomic E-state index is 14.0. The summed E-state index contributed by atoms with van der Waals surface area (Å²) in [6.07, 6.45) is 8.94. The van der Waals surface area contributed by atoms with E-state index >= 15 is 0 Å². The SMILES string of the molecule is CC(=O)OC1CC1CN1CC[C@]23c4c5cccc4O[C@H]2[C@@H](N(CC(C)C)C(=O)C=Cc2cccc(C)c2)CC[C@H]3[C@H]1C5. The molecule has 0 radical (unpaired) electrons. The Kier molecular flexibility index (Phi) is 6.96. The highest BCUT2D eigenvalue weighted by molar-refractivity contribution is 5.92. The highest BCUT2D eigenvalue weighted by atomic mass is 16.5. The monoisotopic (exact) mass is 568 g/mol. The van der Waals surface area contributed by atoms with Crippen LogP contribution in [0.3, 0.4) is 0 Å². The zero-order valence-corrected chi connectivity index (χ0v) is 25.4. The molecule has 2 bridgehead atoms. The molecule has 7 rings (SSSR count). The number of aryl methyl sites for hydroxylation is 1. The third kappa shape index (κ3) is 4.67. The molecule has 2 heterocycles.